The summed E-state index contributed by atoms with van der Waals surface area (Å²) in [5, 5.41) is 4.91. The summed E-state index contributed by atoms with van der Waals surface area (Å²) in [7, 11) is 0. The summed E-state index contributed by atoms with van der Waals surface area (Å²) in [6.07, 6.45) is 0.131. The number of hydrogen-bond donors (Lipinski definition) is 1. The van der Waals surface area contributed by atoms with Crippen LogP contribution in [0.1, 0.15) is 39.5 Å². The molecule has 0 saturated heterocycles. The predicted molar refractivity (Wildman–Crippen MR) is 287 cm³/mol. The molecule has 3 heteroatoms. The van der Waals surface area contributed by atoms with Crippen LogP contribution in [0.2, 0.25) is 0 Å². The Morgan fingerprint density at radius 2 is 0.800 bits per heavy atom. The lowest BCUT2D eigenvalue weighted by Gasteiger charge is -2.45. The molecule has 11 aromatic carbocycles. The van der Waals surface area contributed by atoms with E-state index < -0.39 is 5.41 Å². The smallest absolute Gasteiger partial charge is 0.310 e. The van der Waals surface area contributed by atoms with Crippen LogP contribution in [-0.2, 0) is 5.41 Å². The van der Waals surface area contributed by atoms with Gasteiger partial charge in [0.2, 0.25) is 5.69 Å². The predicted octanol–water partition coefficient (Wildman–Crippen LogP) is 15.4. The van der Waals surface area contributed by atoms with Crippen molar-refractivity contribution >= 4 is 39.4 Å². The third kappa shape index (κ3) is 6.22. The molecule has 0 bridgehead atoms. The molecule has 1 unspecified atom stereocenters. The van der Waals surface area contributed by atoms with Crippen molar-refractivity contribution in [2.75, 3.05) is 4.90 Å². The van der Waals surface area contributed by atoms with Crippen LogP contribution in [0.15, 0.2) is 267 Å². The van der Waals surface area contributed by atoms with Gasteiger partial charge in [-0.15, -0.1) is 0 Å². The molecular formula is C67H47N3+2. The maximum absolute atomic E-state index is 2.49. The summed E-state index contributed by atoms with van der Waals surface area (Å²) in [6, 6.07) is 98.6. The van der Waals surface area contributed by atoms with Crippen LogP contribution in [-0.4, -0.2) is 10.4 Å². The number of quaternary nitrogens is 1. The average Bonchev–Trinajstić information content (AvgIpc) is 3.70. The van der Waals surface area contributed by atoms with E-state index in [1.165, 1.54) is 112 Å². The summed E-state index contributed by atoms with van der Waals surface area (Å²) in [6.45, 7) is 0. The van der Waals surface area contributed by atoms with Crippen molar-refractivity contribution in [1.29, 1.82) is 0 Å². The van der Waals surface area contributed by atoms with Gasteiger partial charge in [0.15, 0.2) is 0 Å². The lowest BCUT2D eigenvalue weighted by Crippen LogP contribution is -2.99. The van der Waals surface area contributed by atoms with E-state index in [0.29, 0.717) is 0 Å². The third-order valence-corrected chi connectivity index (χ3v) is 15.1. The molecular weight excluding hydrogens is 847 g/mol. The quantitative estimate of drug-likeness (QED) is 0.158. The Morgan fingerprint density at radius 3 is 1.43 bits per heavy atom. The molecule has 0 fully saturated rings. The van der Waals surface area contributed by atoms with Crippen molar-refractivity contribution in [1.82, 2.24) is 0 Å². The lowest BCUT2D eigenvalue weighted by molar-refractivity contribution is -0.866. The van der Waals surface area contributed by atoms with Gasteiger partial charge >= 0.3 is 12.0 Å². The van der Waals surface area contributed by atoms with Gasteiger partial charge in [-0.2, -0.15) is 5.32 Å². The fourth-order valence-electron chi connectivity index (χ4n) is 11.8. The van der Waals surface area contributed by atoms with Gasteiger partial charge in [0.25, 0.3) is 0 Å². The first-order chi connectivity index (χ1) is 34.7. The van der Waals surface area contributed by atoms with E-state index in [0.717, 1.165) is 5.69 Å². The Labute approximate surface area is 408 Å². The first kappa shape index (κ1) is 40.2. The second-order valence-corrected chi connectivity index (χ2v) is 18.8. The molecule has 1 aliphatic carbocycles. The Bertz CT molecular complexity index is 3770. The maximum atomic E-state index is 2.49. The number of rotatable bonds is 7. The van der Waals surface area contributed by atoms with Gasteiger partial charge in [-0.1, -0.05) is 181 Å². The summed E-state index contributed by atoms with van der Waals surface area (Å²) < 4.78 is 2.47. The Hall–Kier alpha value is -8.89. The highest BCUT2D eigenvalue weighted by atomic mass is 15.3. The molecule has 14 rings (SSSR count). The zero-order valence-corrected chi connectivity index (χ0v) is 38.5. The van der Waals surface area contributed by atoms with Crippen molar-refractivity contribution in [3.8, 4) is 44.5 Å². The van der Waals surface area contributed by atoms with Gasteiger partial charge in [-0.3, -0.25) is 0 Å². The van der Waals surface area contributed by atoms with Crippen molar-refractivity contribution in [3.05, 3.63) is 300 Å². The molecule has 0 saturated carbocycles. The van der Waals surface area contributed by atoms with E-state index in [4.69, 9.17) is 0 Å². The minimum Gasteiger partial charge on any atom is -0.310 e. The second-order valence-electron chi connectivity index (χ2n) is 18.8. The van der Waals surface area contributed by atoms with E-state index in [9.17, 15) is 0 Å². The van der Waals surface area contributed by atoms with Crippen LogP contribution < -0.4 is 10.2 Å². The summed E-state index contributed by atoms with van der Waals surface area (Å²) in [5.74, 6) is 1.23. The molecule has 0 radical (unpaired) electrons. The van der Waals surface area contributed by atoms with Gasteiger partial charge in [-0.05, 0) is 156 Å². The Balaban J connectivity index is 0.827. The van der Waals surface area contributed by atoms with E-state index in [-0.39, 0.29) is 6.17 Å². The Morgan fingerprint density at radius 1 is 0.343 bits per heavy atom. The van der Waals surface area contributed by atoms with Crippen LogP contribution in [0.25, 0.3) is 55.3 Å². The zero-order valence-electron chi connectivity index (χ0n) is 38.5. The molecule has 3 aliphatic rings. The molecule has 2 aliphatic heterocycles. The number of nitrogens with two attached hydrogens (primary N) is 1. The van der Waals surface area contributed by atoms with Crippen molar-refractivity contribution in [2.24, 2.45) is 0 Å². The molecule has 1 spiro atoms. The normalized spacial score (nSPS) is 15.0. The first-order valence-electron chi connectivity index (χ1n) is 24.4. The van der Waals surface area contributed by atoms with Crippen LogP contribution in [0.4, 0.5) is 22.7 Å². The molecule has 328 valence electrons. The first-order valence-corrected chi connectivity index (χ1v) is 24.4. The van der Waals surface area contributed by atoms with Crippen LogP contribution >= 0.6 is 0 Å². The van der Waals surface area contributed by atoms with Gasteiger partial charge in [0, 0.05) is 17.8 Å². The zero-order chi connectivity index (χ0) is 46.2. The number of fused-ring (bicyclic) bond motifs is 10. The fraction of sp³-hybridized carbons (Fsp3) is 0.0299. The summed E-state index contributed by atoms with van der Waals surface area (Å²) in [4.78, 5) is 2.45. The number of para-hydroxylation sites is 3. The van der Waals surface area contributed by atoms with Gasteiger partial charge in [0.05, 0.1) is 22.4 Å². The van der Waals surface area contributed by atoms with Crippen molar-refractivity contribution < 1.29 is 9.89 Å². The van der Waals surface area contributed by atoms with E-state index in [1.807, 2.05) is 0 Å². The molecule has 3 nitrogen and oxygen atoms in total. The SMILES string of the molecule is c1ccc(C2=[N+](c3ccc(-c4ccccc4)cc3)C(c3ccc(-c4ccc(-c5ccc6c(c5)C5(c7cc8ccccc8cc7-6)c6ccccc6N(c6ccccc6)c6ccccc65)cc4)cc3)[NH2+]2)cc1. The lowest BCUT2D eigenvalue weighted by atomic mass is 9.64. The fourth-order valence-corrected chi connectivity index (χ4v) is 11.8. The van der Waals surface area contributed by atoms with E-state index in [1.54, 1.807) is 0 Å². The number of nitrogens with zero attached hydrogens (tertiary/aromatic N) is 2. The molecule has 11 aromatic rings. The summed E-state index contributed by atoms with van der Waals surface area (Å²) in [5.41, 5.74) is 21.8. The summed E-state index contributed by atoms with van der Waals surface area (Å²) >= 11 is 0. The largest absolute Gasteiger partial charge is 0.384 e. The van der Waals surface area contributed by atoms with E-state index >= 15 is 0 Å². The van der Waals surface area contributed by atoms with Gasteiger partial charge < -0.3 is 4.90 Å². The van der Waals surface area contributed by atoms with Gasteiger partial charge in [-0.25, -0.2) is 0 Å². The Kier molecular flexibility index (Phi) is 9.26. The maximum Gasteiger partial charge on any atom is 0.384 e. The van der Waals surface area contributed by atoms with Crippen LogP contribution in [0, 0.1) is 0 Å². The van der Waals surface area contributed by atoms with Crippen LogP contribution in [0.5, 0.6) is 0 Å². The number of amidine groups is 1. The van der Waals surface area contributed by atoms with E-state index in [2.05, 4.69) is 282 Å². The van der Waals surface area contributed by atoms with Gasteiger partial charge in [0.1, 0.15) is 5.56 Å². The molecule has 0 amide bonds. The minimum atomic E-state index is -0.538. The second kappa shape index (κ2) is 16.1. The number of hydrogen-bond acceptors (Lipinski definition) is 1. The molecule has 2 N–H and O–H groups in total. The van der Waals surface area contributed by atoms with Crippen LogP contribution in [0.3, 0.4) is 0 Å². The number of anilines is 3. The highest BCUT2D eigenvalue weighted by molar-refractivity contribution is 6.01. The highest BCUT2D eigenvalue weighted by Crippen LogP contribution is 2.64. The minimum absolute atomic E-state index is 0.131. The van der Waals surface area contributed by atoms with Crippen molar-refractivity contribution in [3.63, 3.8) is 0 Å². The molecule has 0 aromatic heterocycles. The molecule has 70 heavy (non-hydrogen) atoms. The van der Waals surface area contributed by atoms with Crippen molar-refractivity contribution in [2.45, 2.75) is 11.6 Å². The molecule has 2 heterocycles. The average molecular weight is 894 g/mol. The highest BCUT2D eigenvalue weighted by Gasteiger charge is 2.52. The monoisotopic (exact) mass is 893 g/mol. The third-order valence-electron chi connectivity index (χ3n) is 15.1. The topological polar surface area (TPSA) is 22.9 Å². The molecule has 1 atom stereocenters. The number of benzene rings is 11. The standard InChI is InChI=1S/C67H45N3/c1-4-16-45(17-5-1)48-36-39-56(40-37-48)70-65(50-18-6-2-7-19-50)68-66(70)51-34-32-47(33-35-51)46-28-30-49(31-29-46)54-38-41-57-58-42-52-20-10-11-21-53(52)43-62(58)67(61(57)44-54)59-24-12-14-26-63(59)69(55-22-8-3-9-23-55)64-27-15-13-25-60(64)67/h1-44,66H/p+2.